The van der Waals surface area contributed by atoms with Crippen LogP contribution in [-0.2, 0) is 6.54 Å². The molecular formula is C13H19N7O. The Morgan fingerprint density at radius 2 is 2.14 bits per heavy atom. The number of anilines is 3. The van der Waals surface area contributed by atoms with Crippen molar-refractivity contribution in [3.05, 3.63) is 24.2 Å². The molecule has 0 spiro atoms. The Labute approximate surface area is 123 Å². The van der Waals surface area contributed by atoms with Crippen LogP contribution in [0.3, 0.4) is 0 Å². The van der Waals surface area contributed by atoms with Crippen LogP contribution in [0.1, 0.15) is 18.4 Å². The molecule has 3 N–H and O–H groups in total. The number of rotatable bonds is 5. The van der Waals surface area contributed by atoms with Crippen molar-refractivity contribution >= 4 is 17.8 Å². The van der Waals surface area contributed by atoms with Crippen LogP contribution in [0.5, 0.6) is 0 Å². The first-order valence-corrected chi connectivity index (χ1v) is 6.96. The van der Waals surface area contributed by atoms with Gasteiger partial charge in [0.05, 0.1) is 12.5 Å². The molecule has 0 aromatic carbocycles. The van der Waals surface area contributed by atoms with E-state index in [0.29, 0.717) is 24.4 Å². The summed E-state index contributed by atoms with van der Waals surface area (Å²) >= 11 is 0. The Bertz CT molecular complexity index is 580. The van der Waals surface area contributed by atoms with Gasteiger partial charge in [-0.05, 0) is 18.9 Å². The summed E-state index contributed by atoms with van der Waals surface area (Å²) in [6.07, 6.45) is 5.69. The Kier molecular flexibility index (Phi) is 3.87. The monoisotopic (exact) mass is 289 g/mol. The van der Waals surface area contributed by atoms with Crippen LogP contribution in [0.4, 0.5) is 17.8 Å². The summed E-state index contributed by atoms with van der Waals surface area (Å²) in [6.45, 7) is 2.60. The van der Waals surface area contributed by atoms with Crippen LogP contribution in [0, 0.1) is 0 Å². The smallest absolute Gasteiger partial charge is 0.243 e. The lowest BCUT2D eigenvalue weighted by Gasteiger charge is -2.20. The molecule has 0 unspecified atom stereocenters. The minimum atomic E-state index is 0.376. The molecule has 0 saturated carbocycles. The van der Waals surface area contributed by atoms with Gasteiger partial charge in [0.2, 0.25) is 17.8 Å². The molecule has 1 aliphatic heterocycles. The largest absolute Gasteiger partial charge is 0.472 e. The summed E-state index contributed by atoms with van der Waals surface area (Å²) in [7, 11) is 1.93. The van der Waals surface area contributed by atoms with Crippen LogP contribution in [0.25, 0.3) is 0 Å². The third kappa shape index (κ3) is 3.05. The average molecular weight is 289 g/mol. The molecule has 3 rings (SSSR count). The van der Waals surface area contributed by atoms with Crippen molar-refractivity contribution in [2.75, 3.05) is 35.4 Å². The second kappa shape index (κ2) is 5.96. The van der Waals surface area contributed by atoms with Crippen molar-refractivity contribution in [2.24, 2.45) is 5.84 Å². The highest BCUT2D eigenvalue weighted by Crippen LogP contribution is 2.20. The highest BCUT2D eigenvalue weighted by Gasteiger charge is 2.18. The van der Waals surface area contributed by atoms with Gasteiger partial charge in [-0.2, -0.15) is 15.0 Å². The molecule has 2 aromatic rings. The third-order valence-corrected chi connectivity index (χ3v) is 3.47. The molecule has 8 heteroatoms. The number of nitrogens with one attached hydrogen (secondary N) is 1. The number of aromatic nitrogens is 3. The van der Waals surface area contributed by atoms with Crippen LogP contribution in [0.2, 0.25) is 0 Å². The van der Waals surface area contributed by atoms with Crippen molar-refractivity contribution < 1.29 is 4.42 Å². The lowest BCUT2D eigenvalue weighted by atomic mass is 10.3. The zero-order valence-corrected chi connectivity index (χ0v) is 12.0. The maximum Gasteiger partial charge on any atom is 0.243 e. The van der Waals surface area contributed by atoms with Gasteiger partial charge in [0.1, 0.15) is 0 Å². The Morgan fingerprint density at radius 3 is 2.81 bits per heavy atom. The Hall–Kier alpha value is -2.35. The molecule has 0 bridgehead atoms. The topological polar surface area (TPSA) is 96.3 Å². The first-order chi connectivity index (χ1) is 10.3. The van der Waals surface area contributed by atoms with E-state index in [-0.39, 0.29) is 0 Å². The third-order valence-electron chi connectivity index (χ3n) is 3.47. The SMILES string of the molecule is CN(Cc1ccoc1)c1nc(NN)nc(N2CCCC2)n1. The second-order valence-electron chi connectivity index (χ2n) is 5.09. The highest BCUT2D eigenvalue weighted by atomic mass is 16.3. The predicted molar refractivity (Wildman–Crippen MR) is 79.9 cm³/mol. The molecule has 0 atom stereocenters. The van der Waals surface area contributed by atoms with Crippen molar-refractivity contribution in [1.82, 2.24) is 15.0 Å². The van der Waals surface area contributed by atoms with Gasteiger partial charge in [-0.15, -0.1) is 0 Å². The number of nitrogens with two attached hydrogens (primary N) is 1. The Morgan fingerprint density at radius 1 is 1.33 bits per heavy atom. The van der Waals surface area contributed by atoms with Crippen molar-refractivity contribution in [3.8, 4) is 0 Å². The average Bonchev–Trinajstić information content (AvgIpc) is 3.20. The molecule has 0 radical (unpaired) electrons. The van der Waals surface area contributed by atoms with E-state index in [4.69, 9.17) is 10.3 Å². The fourth-order valence-electron chi connectivity index (χ4n) is 2.37. The zero-order valence-electron chi connectivity index (χ0n) is 12.0. The summed E-state index contributed by atoms with van der Waals surface area (Å²) in [6, 6.07) is 1.92. The Balaban J connectivity index is 1.84. The van der Waals surface area contributed by atoms with Crippen LogP contribution in [-0.4, -0.2) is 35.1 Å². The lowest BCUT2D eigenvalue weighted by molar-refractivity contribution is 0.563. The predicted octanol–water partition coefficient (Wildman–Crippen LogP) is 0.987. The van der Waals surface area contributed by atoms with E-state index in [0.717, 1.165) is 31.5 Å². The molecule has 1 aliphatic rings. The maximum atomic E-state index is 5.47. The van der Waals surface area contributed by atoms with Gasteiger partial charge < -0.3 is 14.2 Å². The molecule has 1 fully saturated rings. The van der Waals surface area contributed by atoms with Gasteiger partial charge in [0.15, 0.2) is 0 Å². The summed E-state index contributed by atoms with van der Waals surface area (Å²) in [5, 5.41) is 0. The quantitative estimate of drug-likeness (QED) is 0.621. The first-order valence-electron chi connectivity index (χ1n) is 6.96. The van der Waals surface area contributed by atoms with Gasteiger partial charge in [0, 0.05) is 32.2 Å². The highest BCUT2D eigenvalue weighted by molar-refractivity contribution is 5.45. The molecule has 21 heavy (non-hydrogen) atoms. The molecule has 8 nitrogen and oxygen atoms in total. The van der Waals surface area contributed by atoms with Gasteiger partial charge in [-0.25, -0.2) is 5.84 Å². The fourth-order valence-corrected chi connectivity index (χ4v) is 2.37. The molecule has 0 aliphatic carbocycles. The standard InChI is InChI=1S/C13H19N7O/c1-19(8-10-4-7-21-9-10)12-15-11(18-14)16-13(17-12)20-5-2-3-6-20/h4,7,9H,2-3,5-6,8,14H2,1H3,(H,15,16,17,18). The van der Waals surface area contributed by atoms with E-state index in [1.165, 1.54) is 0 Å². The molecule has 1 saturated heterocycles. The number of nitrogen functional groups attached to an aromatic ring is 1. The number of nitrogens with zero attached hydrogens (tertiary/aromatic N) is 5. The summed E-state index contributed by atoms with van der Waals surface area (Å²) < 4.78 is 5.08. The van der Waals surface area contributed by atoms with E-state index in [2.05, 4.69) is 25.3 Å². The second-order valence-corrected chi connectivity index (χ2v) is 5.09. The number of hydrazine groups is 1. The summed E-state index contributed by atoms with van der Waals surface area (Å²) in [5.41, 5.74) is 3.57. The molecule has 0 amide bonds. The molecule has 2 aromatic heterocycles. The van der Waals surface area contributed by atoms with Crippen molar-refractivity contribution in [3.63, 3.8) is 0 Å². The molecular weight excluding hydrogens is 270 g/mol. The minimum absolute atomic E-state index is 0.376. The molecule has 3 heterocycles. The van der Waals surface area contributed by atoms with Crippen LogP contribution in [0.15, 0.2) is 23.0 Å². The van der Waals surface area contributed by atoms with E-state index < -0.39 is 0 Å². The van der Waals surface area contributed by atoms with Crippen LogP contribution < -0.4 is 21.1 Å². The van der Waals surface area contributed by atoms with E-state index in [1.54, 1.807) is 12.5 Å². The van der Waals surface area contributed by atoms with E-state index in [1.807, 2.05) is 18.0 Å². The number of hydrogen-bond acceptors (Lipinski definition) is 8. The van der Waals surface area contributed by atoms with E-state index >= 15 is 0 Å². The zero-order chi connectivity index (χ0) is 14.7. The van der Waals surface area contributed by atoms with Gasteiger partial charge >= 0.3 is 0 Å². The van der Waals surface area contributed by atoms with E-state index in [9.17, 15) is 0 Å². The van der Waals surface area contributed by atoms with Crippen molar-refractivity contribution in [1.29, 1.82) is 0 Å². The fraction of sp³-hybridized carbons (Fsp3) is 0.462. The van der Waals surface area contributed by atoms with Gasteiger partial charge in [-0.3, -0.25) is 5.43 Å². The molecule has 112 valence electrons. The first kappa shape index (κ1) is 13.6. The normalized spacial score (nSPS) is 14.5. The minimum Gasteiger partial charge on any atom is -0.472 e. The summed E-state index contributed by atoms with van der Waals surface area (Å²) in [4.78, 5) is 17.3. The summed E-state index contributed by atoms with van der Waals surface area (Å²) in [5.74, 6) is 7.10. The van der Waals surface area contributed by atoms with Crippen molar-refractivity contribution in [2.45, 2.75) is 19.4 Å². The van der Waals surface area contributed by atoms with Gasteiger partial charge in [0.25, 0.3) is 0 Å². The maximum absolute atomic E-state index is 5.47. The lowest BCUT2D eigenvalue weighted by Crippen LogP contribution is -2.26. The number of hydrogen-bond donors (Lipinski definition) is 2. The van der Waals surface area contributed by atoms with Crippen LogP contribution >= 0.6 is 0 Å². The van der Waals surface area contributed by atoms with Gasteiger partial charge in [-0.1, -0.05) is 0 Å². The number of furan rings is 1.